The van der Waals surface area contributed by atoms with Crippen LogP contribution in [0.4, 0.5) is 0 Å². The minimum Gasteiger partial charge on any atom is -0.396 e. The van der Waals surface area contributed by atoms with Gasteiger partial charge in [0.1, 0.15) is 0 Å². The van der Waals surface area contributed by atoms with Crippen LogP contribution in [0, 0.1) is 0 Å². The van der Waals surface area contributed by atoms with Gasteiger partial charge in [-0.25, -0.2) is 0 Å². The van der Waals surface area contributed by atoms with E-state index in [0.29, 0.717) is 13.2 Å². The van der Waals surface area contributed by atoms with Gasteiger partial charge in [0.2, 0.25) is 0 Å². The van der Waals surface area contributed by atoms with Gasteiger partial charge in [-0.3, -0.25) is 0 Å². The molecule has 0 unspecified atom stereocenters. The van der Waals surface area contributed by atoms with Crippen LogP contribution in [-0.4, -0.2) is 46.9 Å². The van der Waals surface area contributed by atoms with Crippen molar-refractivity contribution in [3.8, 4) is 0 Å². The van der Waals surface area contributed by atoms with Gasteiger partial charge in [0.25, 0.3) is 0 Å². The van der Waals surface area contributed by atoms with Gasteiger partial charge >= 0.3 is 0 Å². The second kappa shape index (κ2) is 23.5. The summed E-state index contributed by atoms with van der Waals surface area (Å²) in [5.74, 6) is 3.26. The number of hydrogen-bond donors (Lipinski definition) is 2. The van der Waals surface area contributed by atoms with Gasteiger partial charge in [-0.15, -0.1) is 0 Å². The molecule has 0 aliphatic heterocycles. The summed E-state index contributed by atoms with van der Waals surface area (Å²) in [6.07, 6.45) is 2.97. The first-order valence-electron chi connectivity index (χ1n) is 4.11. The fraction of sp³-hybridized carbons (Fsp3) is 1.00. The van der Waals surface area contributed by atoms with Gasteiger partial charge in [0.05, 0.1) is 6.61 Å². The monoisotopic (exact) mass is 301 g/mol. The van der Waals surface area contributed by atoms with E-state index >= 15 is 0 Å². The zero-order valence-electron chi connectivity index (χ0n) is 8.53. The van der Waals surface area contributed by atoms with Gasteiger partial charge < -0.3 is 10.2 Å². The van der Waals surface area contributed by atoms with Crippen LogP contribution in [0.5, 0.6) is 0 Å². The Morgan fingerprint density at radius 1 is 1.00 bits per heavy atom. The zero-order chi connectivity index (χ0) is 9.66. The molecule has 0 aromatic heterocycles. The largest absolute Gasteiger partial charge is 0.396 e. The summed E-state index contributed by atoms with van der Waals surface area (Å²) in [4.78, 5) is 0. The summed E-state index contributed by atoms with van der Waals surface area (Å²) in [6, 6.07) is 0. The quantitative estimate of drug-likeness (QED) is 0.729. The van der Waals surface area contributed by atoms with Crippen LogP contribution in [-0.2, 0) is 32.7 Å². The molecule has 0 amide bonds. The third kappa shape index (κ3) is 31.6. The van der Waals surface area contributed by atoms with Crippen molar-refractivity contribution in [1.82, 2.24) is 0 Å². The Labute approximate surface area is 116 Å². The molecule has 13 heavy (non-hydrogen) atoms. The molecule has 0 fully saturated rings. The molecule has 2 nitrogen and oxygen atoms in total. The Morgan fingerprint density at radius 3 is 1.85 bits per heavy atom. The van der Waals surface area contributed by atoms with Crippen LogP contribution in [0.15, 0.2) is 0 Å². The van der Waals surface area contributed by atoms with Gasteiger partial charge in [0, 0.05) is 56.6 Å². The maximum Gasteiger partial charge on any atom is 0.0521 e. The predicted octanol–water partition coefficient (Wildman–Crippen LogP) is 1.46. The summed E-state index contributed by atoms with van der Waals surface area (Å²) in [6.45, 7) is 2.57. The molecule has 0 aromatic carbocycles. The molecular weight excluding hydrogens is 281 g/mol. The molecule has 79 valence electrons. The number of thioether (sulfide) groups is 2. The first-order chi connectivity index (χ1) is 5.83. The van der Waals surface area contributed by atoms with Gasteiger partial charge in [0.15, 0.2) is 0 Å². The average molecular weight is 301 g/mol. The second-order valence-electron chi connectivity index (χ2n) is 2.05. The summed E-state index contributed by atoms with van der Waals surface area (Å²) in [5.41, 5.74) is 0. The normalized spacial score (nSPS) is 8.31. The van der Waals surface area contributed by atoms with E-state index in [1.807, 2.05) is 18.7 Å². The molecule has 1 radical (unpaired) electrons. The maximum absolute atomic E-state index is 8.34. The van der Waals surface area contributed by atoms with Crippen molar-refractivity contribution in [2.45, 2.75) is 13.3 Å². The predicted molar refractivity (Wildman–Crippen MR) is 60.2 cm³/mol. The van der Waals surface area contributed by atoms with Crippen LogP contribution in [0.2, 0.25) is 0 Å². The van der Waals surface area contributed by atoms with Crippen LogP contribution < -0.4 is 0 Å². The summed E-state index contributed by atoms with van der Waals surface area (Å²) < 4.78 is 0. The molecule has 0 saturated heterocycles. The SMILES string of the molecule is CCCO.CSCCSCCO.[Y]. The molecule has 0 atom stereocenters. The Morgan fingerprint density at radius 2 is 1.54 bits per heavy atom. The first kappa shape index (κ1) is 20.2. The van der Waals surface area contributed by atoms with E-state index in [1.54, 1.807) is 11.8 Å². The van der Waals surface area contributed by atoms with Crippen LogP contribution >= 0.6 is 23.5 Å². The molecule has 0 spiro atoms. The second-order valence-corrected chi connectivity index (χ2v) is 4.26. The average Bonchev–Trinajstić information content (AvgIpc) is 2.13. The third-order valence-corrected chi connectivity index (χ3v) is 2.73. The van der Waals surface area contributed by atoms with Crippen molar-refractivity contribution < 1.29 is 42.9 Å². The molecule has 0 aliphatic rings. The van der Waals surface area contributed by atoms with Gasteiger partial charge in [-0.1, -0.05) is 6.92 Å². The molecule has 0 saturated carbocycles. The number of aliphatic hydroxyl groups excluding tert-OH is 2. The van der Waals surface area contributed by atoms with E-state index in [-0.39, 0.29) is 32.7 Å². The van der Waals surface area contributed by atoms with E-state index in [9.17, 15) is 0 Å². The summed E-state index contributed by atoms with van der Waals surface area (Å²) in [5, 5.41) is 16.2. The van der Waals surface area contributed by atoms with E-state index in [4.69, 9.17) is 10.2 Å². The molecule has 5 heteroatoms. The Bertz CT molecular complexity index is 60.1. The van der Waals surface area contributed by atoms with Gasteiger partial charge in [-0.05, 0) is 12.7 Å². The third-order valence-electron chi connectivity index (χ3n) is 0.891. The van der Waals surface area contributed by atoms with Crippen LogP contribution in [0.3, 0.4) is 0 Å². The summed E-state index contributed by atoms with van der Waals surface area (Å²) in [7, 11) is 0. The minimum atomic E-state index is 0. The van der Waals surface area contributed by atoms with Crippen molar-refractivity contribution in [3.05, 3.63) is 0 Å². The zero-order valence-corrected chi connectivity index (χ0v) is 13.0. The molecule has 0 bridgehead atoms. The fourth-order valence-electron chi connectivity index (χ4n) is 0.309. The van der Waals surface area contributed by atoms with Gasteiger partial charge in [-0.2, -0.15) is 23.5 Å². The molecular formula is C8H20O2S2Y. The van der Waals surface area contributed by atoms with Crippen molar-refractivity contribution in [1.29, 1.82) is 0 Å². The van der Waals surface area contributed by atoms with E-state index in [0.717, 1.165) is 12.2 Å². The first-order valence-corrected chi connectivity index (χ1v) is 6.66. The number of aliphatic hydroxyl groups is 2. The van der Waals surface area contributed by atoms with Crippen molar-refractivity contribution in [2.24, 2.45) is 0 Å². The maximum atomic E-state index is 8.34. The van der Waals surface area contributed by atoms with Crippen LogP contribution in [0.25, 0.3) is 0 Å². The Balaban J connectivity index is -0.000000173. The van der Waals surface area contributed by atoms with E-state index in [1.165, 1.54) is 11.5 Å². The Kier molecular flexibility index (Phi) is 36.5. The van der Waals surface area contributed by atoms with Crippen molar-refractivity contribution in [3.63, 3.8) is 0 Å². The van der Waals surface area contributed by atoms with Crippen molar-refractivity contribution >= 4 is 23.5 Å². The number of rotatable bonds is 6. The van der Waals surface area contributed by atoms with Crippen molar-refractivity contribution in [2.75, 3.05) is 36.7 Å². The van der Waals surface area contributed by atoms with E-state index < -0.39 is 0 Å². The summed E-state index contributed by atoms with van der Waals surface area (Å²) >= 11 is 3.66. The molecule has 2 N–H and O–H groups in total. The molecule has 0 rings (SSSR count). The topological polar surface area (TPSA) is 40.5 Å². The smallest absolute Gasteiger partial charge is 0.0521 e. The minimum absolute atomic E-state index is 0. The number of hydrogen-bond acceptors (Lipinski definition) is 4. The van der Waals surface area contributed by atoms with Crippen LogP contribution in [0.1, 0.15) is 13.3 Å². The standard InChI is InChI=1S/C5H12OS2.C3H8O.Y/c1-7-4-5-8-3-2-6;1-2-3-4;/h6H,2-5H2,1H3;4H,2-3H2,1H3;. The fourth-order valence-corrected chi connectivity index (χ4v) is 1.78. The molecule has 0 aliphatic carbocycles. The molecule has 0 aromatic rings. The van der Waals surface area contributed by atoms with E-state index in [2.05, 4.69) is 6.26 Å². The Hall–Kier alpha value is 1.72. The molecule has 0 heterocycles.